The number of rotatable bonds is 7. The van der Waals surface area contributed by atoms with Gasteiger partial charge in [0.1, 0.15) is 0 Å². The average Bonchev–Trinajstić information content (AvgIpc) is 2.30. The summed E-state index contributed by atoms with van der Waals surface area (Å²) in [5, 5.41) is 1.07. The van der Waals surface area contributed by atoms with Crippen LogP contribution in [0.1, 0.15) is 26.3 Å². The summed E-state index contributed by atoms with van der Waals surface area (Å²) >= 11 is 0. The summed E-state index contributed by atoms with van der Waals surface area (Å²) in [4.78, 5) is 0. The Balaban J connectivity index is 3.14. The summed E-state index contributed by atoms with van der Waals surface area (Å²) in [5.41, 5.74) is 1.16. The van der Waals surface area contributed by atoms with E-state index in [1.54, 1.807) is 0 Å². The molecule has 0 aromatic heterocycles. The smallest absolute Gasteiger partial charge is 0.370 e. The Morgan fingerprint density at radius 1 is 0.882 bits per heavy atom. The zero-order chi connectivity index (χ0) is 12.7. The molecule has 1 aromatic carbocycles. The first kappa shape index (κ1) is 14.4. The van der Waals surface area contributed by atoms with Crippen LogP contribution in [0, 0.1) is 6.92 Å². The highest BCUT2D eigenvalue weighted by Gasteiger charge is 2.44. The Labute approximate surface area is 105 Å². The maximum Gasteiger partial charge on any atom is 0.537 e. The zero-order valence-corrected chi connectivity index (χ0v) is 12.2. The molecule has 0 radical (unpaired) electrons. The van der Waals surface area contributed by atoms with Crippen molar-refractivity contribution in [3.8, 4) is 0 Å². The van der Waals surface area contributed by atoms with Gasteiger partial charge in [-0.1, -0.05) is 24.3 Å². The van der Waals surface area contributed by atoms with Gasteiger partial charge in [0.15, 0.2) is 0 Å². The van der Waals surface area contributed by atoms with Crippen molar-refractivity contribution in [2.75, 3.05) is 19.8 Å². The van der Waals surface area contributed by atoms with Crippen molar-refractivity contribution in [3.05, 3.63) is 29.8 Å². The Morgan fingerprint density at radius 3 is 1.76 bits per heavy atom. The zero-order valence-electron chi connectivity index (χ0n) is 11.2. The van der Waals surface area contributed by atoms with Crippen LogP contribution in [0.5, 0.6) is 0 Å². The molecule has 0 saturated heterocycles. The predicted octanol–water partition coefficient (Wildman–Crippen LogP) is 2.25. The van der Waals surface area contributed by atoms with Gasteiger partial charge in [-0.05, 0) is 33.3 Å². The van der Waals surface area contributed by atoms with Crippen molar-refractivity contribution in [1.82, 2.24) is 0 Å². The van der Waals surface area contributed by atoms with Crippen molar-refractivity contribution in [3.63, 3.8) is 0 Å². The van der Waals surface area contributed by atoms with Crippen LogP contribution in [-0.2, 0) is 13.3 Å². The Morgan fingerprint density at radius 2 is 1.35 bits per heavy atom. The van der Waals surface area contributed by atoms with Crippen LogP contribution in [0.3, 0.4) is 0 Å². The molecule has 3 nitrogen and oxygen atoms in total. The van der Waals surface area contributed by atoms with E-state index in [1.807, 2.05) is 39.0 Å². The number of benzene rings is 1. The molecule has 0 heterocycles. The van der Waals surface area contributed by atoms with Gasteiger partial charge in [-0.25, -0.2) is 0 Å². The van der Waals surface area contributed by atoms with Crippen LogP contribution >= 0.6 is 0 Å². The highest BCUT2D eigenvalue weighted by Crippen LogP contribution is 2.13. The molecule has 0 bridgehead atoms. The van der Waals surface area contributed by atoms with Crippen molar-refractivity contribution < 1.29 is 13.3 Å². The lowest BCUT2D eigenvalue weighted by Crippen LogP contribution is -2.57. The molecule has 0 N–H and O–H groups in total. The highest BCUT2D eigenvalue weighted by molar-refractivity contribution is 6.75. The minimum atomic E-state index is -2.72. The first-order valence-electron chi connectivity index (χ1n) is 6.18. The monoisotopic (exact) mass is 254 g/mol. The van der Waals surface area contributed by atoms with Gasteiger partial charge < -0.3 is 13.3 Å². The van der Waals surface area contributed by atoms with Gasteiger partial charge >= 0.3 is 8.80 Å². The molecule has 96 valence electrons. The molecule has 0 unspecified atom stereocenters. The largest absolute Gasteiger partial charge is 0.537 e. The fraction of sp³-hybridized carbons (Fsp3) is 0.538. The summed E-state index contributed by atoms with van der Waals surface area (Å²) in [6, 6.07) is 8.12. The molecule has 1 aromatic rings. The second-order valence-corrected chi connectivity index (χ2v) is 6.19. The summed E-state index contributed by atoms with van der Waals surface area (Å²) in [6.45, 7) is 9.77. The highest BCUT2D eigenvalue weighted by atomic mass is 28.4. The first-order valence-corrected chi connectivity index (χ1v) is 7.90. The molecule has 0 aliphatic rings. The molecule has 0 atom stereocenters. The predicted molar refractivity (Wildman–Crippen MR) is 71.4 cm³/mol. The van der Waals surface area contributed by atoms with Gasteiger partial charge in [-0.3, -0.25) is 0 Å². The third kappa shape index (κ3) is 3.39. The van der Waals surface area contributed by atoms with E-state index in [9.17, 15) is 0 Å². The third-order valence-corrected chi connectivity index (χ3v) is 5.70. The maximum absolute atomic E-state index is 5.87. The van der Waals surface area contributed by atoms with E-state index in [4.69, 9.17) is 13.3 Å². The molecule has 0 saturated carbocycles. The van der Waals surface area contributed by atoms with Crippen molar-refractivity contribution in [2.45, 2.75) is 27.7 Å². The third-order valence-electron chi connectivity index (χ3n) is 2.48. The molecule has 0 aliphatic heterocycles. The van der Waals surface area contributed by atoms with Gasteiger partial charge in [0.25, 0.3) is 0 Å². The van der Waals surface area contributed by atoms with Gasteiger partial charge in [0.05, 0.1) is 0 Å². The van der Waals surface area contributed by atoms with E-state index in [2.05, 4.69) is 13.0 Å². The van der Waals surface area contributed by atoms with Crippen molar-refractivity contribution in [1.29, 1.82) is 0 Å². The minimum absolute atomic E-state index is 0.598. The molecular weight excluding hydrogens is 232 g/mol. The molecule has 0 fully saturated rings. The van der Waals surface area contributed by atoms with E-state index >= 15 is 0 Å². The van der Waals surface area contributed by atoms with E-state index < -0.39 is 8.80 Å². The van der Waals surface area contributed by atoms with E-state index in [-0.39, 0.29) is 0 Å². The van der Waals surface area contributed by atoms with Crippen LogP contribution in [0.2, 0.25) is 0 Å². The summed E-state index contributed by atoms with van der Waals surface area (Å²) in [7, 11) is -2.72. The van der Waals surface area contributed by atoms with Crippen LogP contribution in [-0.4, -0.2) is 28.6 Å². The lowest BCUT2D eigenvalue weighted by molar-refractivity contribution is 0.0858. The van der Waals surface area contributed by atoms with Crippen molar-refractivity contribution >= 4 is 14.0 Å². The molecule has 1 rings (SSSR count). The van der Waals surface area contributed by atoms with Crippen LogP contribution in [0.15, 0.2) is 24.3 Å². The minimum Gasteiger partial charge on any atom is -0.370 e. The summed E-state index contributed by atoms with van der Waals surface area (Å²) in [5.74, 6) is 0. The quantitative estimate of drug-likeness (QED) is 0.699. The molecular formula is C13H22O3Si. The number of hydrogen-bond acceptors (Lipinski definition) is 3. The Hall–Kier alpha value is -0.683. The van der Waals surface area contributed by atoms with Crippen molar-refractivity contribution in [2.24, 2.45) is 0 Å². The van der Waals surface area contributed by atoms with E-state index in [0.29, 0.717) is 19.8 Å². The lowest BCUT2D eigenvalue weighted by Gasteiger charge is -2.29. The standard InChI is InChI=1S/C13H22O3Si/c1-5-14-17(15-6-2,16-7-3)13-11-9-8-10-12(13)4/h8-11H,5-7H2,1-4H3. The molecule has 0 spiro atoms. The second-order valence-electron chi connectivity index (χ2n) is 3.67. The topological polar surface area (TPSA) is 27.7 Å². The van der Waals surface area contributed by atoms with Gasteiger partial charge in [0.2, 0.25) is 0 Å². The van der Waals surface area contributed by atoms with Gasteiger partial charge in [-0.2, -0.15) is 0 Å². The second kappa shape index (κ2) is 6.91. The van der Waals surface area contributed by atoms with E-state index in [0.717, 1.165) is 10.8 Å². The van der Waals surface area contributed by atoms with Crippen LogP contribution < -0.4 is 5.19 Å². The van der Waals surface area contributed by atoms with Crippen LogP contribution in [0.25, 0.3) is 0 Å². The van der Waals surface area contributed by atoms with Crippen LogP contribution in [0.4, 0.5) is 0 Å². The Kier molecular flexibility index (Phi) is 5.84. The van der Waals surface area contributed by atoms with Gasteiger partial charge in [-0.15, -0.1) is 0 Å². The molecule has 17 heavy (non-hydrogen) atoms. The fourth-order valence-electron chi connectivity index (χ4n) is 1.84. The molecule has 0 aliphatic carbocycles. The fourth-order valence-corrected chi connectivity index (χ4v) is 4.57. The average molecular weight is 254 g/mol. The molecule has 4 heteroatoms. The Bertz CT molecular complexity index is 324. The summed E-state index contributed by atoms with van der Waals surface area (Å²) < 4.78 is 17.6. The SMILES string of the molecule is CCO[Si](OCC)(OCC)c1ccccc1C. The molecule has 0 amide bonds. The lowest BCUT2D eigenvalue weighted by atomic mass is 10.2. The summed E-state index contributed by atoms with van der Waals surface area (Å²) in [6.07, 6.45) is 0. The number of hydrogen-bond donors (Lipinski definition) is 0. The first-order chi connectivity index (χ1) is 8.20. The maximum atomic E-state index is 5.87. The van der Waals surface area contributed by atoms with Gasteiger partial charge in [0, 0.05) is 25.0 Å². The normalized spacial score (nSPS) is 11.8. The van der Waals surface area contributed by atoms with E-state index in [1.165, 1.54) is 0 Å². The number of aryl methyl sites for hydroxylation is 1.